The summed E-state index contributed by atoms with van der Waals surface area (Å²) in [7, 11) is 0. The Morgan fingerprint density at radius 1 is 1.12 bits per heavy atom. The maximum Gasteiger partial charge on any atom is 0.0669 e. The van der Waals surface area contributed by atoms with Crippen molar-refractivity contribution < 1.29 is 0 Å². The van der Waals surface area contributed by atoms with Crippen LogP contribution in [0.15, 0.2) is 38.9 Å². The predicted octanol–water partition coefficient (Wildman–Crippen LogP) is 4.13. The molecular weight excluding hydrogens is 453 g/mol. The molecule has 0 spiro atoms. The van der Waals surface area contributed by atoms with Crippen molar-refractivity contribution in [3.8, 4) is 0 Å². The lowest BCUT2D eigenvalue weighted by Gasteiger charge is -2.41. The summed E-state index contributed by atoms with van der Waals surface area (Å²) >= 11 is 13.7. The number of hydrogen-bond acceptors (Lipinski definition) is 3. The molecule has 0 bridgehead atoms. The van der Waals surface area contributed by atoms with Crippen LogP contribution in [0.3, 0.4) is 0 Å². The van der Waals surface area contributed by atoms with Crippen LogP contribution < -0.4 is 10.6 Å². The monoisotopic (exact) mass is 471 g/mol. The third kappa shape index (κ3) is 3.10. The number of dihydropyridines is 1. The summed E-state index contributed by atoms with van der Waals surface area (Å²) in [6.07, 6.45) is 6.44. The Morgan fingerprint density at radius 3 is 2.71 bits per heavy atom. The molecule has 1 aromatic rings. The molecule has 2 heterocycles. The van der Waals surface area contributed by atoms with Crippen molar-refractivity contribution in [3.63, 3.8) is 0 Å². The van der Waals surface area contributed by atoms with E-state index in [2.05, 4.69) is 65.7 Å². The highest BCUT2D eigenvalue weighted by Crippen LogP contribution is 2.42. The number of halogens is 3. The van der Waals surface area contributed by atoms with Crippen molar-refractivity contribution in [2.24, 2.45) is 0 Å². The number of rotatable bonds is 1. The van der Waals surface area contributed by atoms with Gasteiger partial charge in [0, 0.05) is 41.3 Å². The summed E-state index contributed by atoms with van der Waals surface area (Å²) in [4.78, 5) is 2.61. The number of hydrogen-bond donors (Lipinski definition) is 2. The van der Waals surface area contributed by atoms with Gasteiger partial charge >= 0.3 is 0 Å². The lowest BCUT2D eigenvalue weighted by Crippen LogP contribution is -2.51. The molecule has 1 aromatic carbocycles. The standard InChI is InChI=1S/C18H20Br2ClN3/c19-12-9-11-1-2-13-14(3-4-15(21)16(13)20)18(17(11)23-10-12)24-7-5-22-6-8-24/h3-4,9-10,17-18,22-23H,1-2,5-8H2. The van der Waals surface area contributed by atoms with E-state index < -0.39 is 0 Å². The summed E-state index contributed by atoms with van der Waals surface area (Å²) in [5, 5.41) is 7.92. The molecular formula is C18H20Br2ClN3. The largest absolute Gasteiger partial charge is 0.382 e. The van der Waals surface area contributed by atoms with Crippen LogP contribution >= 0.6 is 43.5 Å². The van der Waals surface area contributed by atoms with Crippen molar-refractivity contribution >= 4 is 43.5 Å². The molecule has 2 aliphatic heterocycles. The van der Waals surface area contributed by atoms with Crippen molar-refractivity contribution in [1.29, 1.82) is 0 Å². The molecule has 1 aliphatic carbocycles. The highest BCUT2D eigenvalue weighted by molar-refractivity contribution is 9.12. The van der Waals surface area contributed by atoms with Gasteiger partial charge in [0.2, 0.25) is 0 Å². The normalized spacial score (nSPS) is 27.3. The molecule has 0 amide bonds. The van der Waals surface area contributed by atoms with E-state index in [1.807, 2.05) is 6.07 Å². The molecule has 2 unspecified atom stereocenters. The van der Waals surface area contributed by atoms with Gasteiger partial charge in [-0.15, -0.1) is 0 Å². The van der Waals surface area contributed by atoms with E-state index in [0.717, 1.165) is 53.0 Å². The van der Waals surface area contributed by atoms with Crippen molar-refractivity contribution in [3.05, 3.63) is 55.1 Å². The lowest BCUT2D eigenvalue weighted by atomic mass is 9.91. The average molecular weight is 474 g/mol. The van der Waals surface area contributed by atoms with E-state index in [1.54, 1.807) is 0 Å². The minimum atomic E-state index is 0.318. The lowest BCUT2D eigenvalue weighted by molar-refractivity contribution is 0.152. The summed E-state index contributed by atoms with van der Waals surface area (Å²) < 4.78 is 2.18. The molecule has 1 fully saturated rings. The van der Waals surface area contributed by atoms with Crippen LogP contribution in [-0.4, -0.2) is 37.1 Å². The van der Waals surface area contributed by atoms with Gasteiger partial charge in [0.1, 0.15) is 0 Å². The number of fused-ring (bicyclic) bond motifs is 2. The topological polar surface area (TPSA) is 27.3 Å². The molecule has 0 radical (unpaired) electrons. The molecule has 0 saturated carbocycles. The quantitative estimate of drug-likeness (QED) is 0.642. The summed E-state index contributed by atoms with van der Waals surface area (Å²) in [5.74, 6) is 0. The molecule has 0 aromatic heterocycles. The summed E-state index contributed by atoms with van der Waals surface area (Å²) in [6.45, 7) is 4.24. The fourth-order valence-corrected chi connectivity index (χ4v) is 5.22. The first kappa shape index (κ1) is 17.1. The van der Waals surface area contributed by atoms with E-state index in [1.165, 1.54) is 16.7 Å². The Bertz CT molecular complexity index is 710. The van der Waals surface area contributed by atoms with Crippen molar-refractivity contribution in [1.82, 2.24) is 15.5 Å². The molecule has 6 heteroatoms. The minimum absolute atomic E-state index is 0.318. The zero-order valence-corrected chi connectivity index (χ0v) is 17.2. The molecule has 1 saturated heterocycles. The number of nitrogens with one attached hydrogen (secondary N) is 2. The third-order valence-electron chi connectivity index (χ3n) is 5.20. The maximum absolute atomic E-state index is 6.39. The molecule has 2 N–H and O–H groups in total. The molecule has 4 rings (SSSR count). The fourth-order valence-electron chi connectivity index (χ4n) is 4.06. The number of allylic oxidation sites excluding steroid dienone is 2. The van der Waals surface area contributed by atoms with E-state index in [9.17, 15) is 0 Å². The second kappa shape index (κ2) is 7.12. The van der Waals surface area contributed by atoms with Gasteiger partial charge in [0.05, 0.1) is 17.1 Å². The minimum Gasteiger partial charge on any atom is -0.382 e. The van der Waals surface area contributed by atoms with Gasteiger partial charge < -0.3 is 10.6 Å². The molecule has 24 heavy (non-hydrogen) atoms. The summed E-state index contributed by atoms with van der Waals surface area (Å²) in [5.41, 5.74) is 4.23. The van der Waals surface area contributed by atoms with Gasteiger partial charge in [-0.3, -0.25) is 4.90 Å². The molecule has 128 valence electrons. The predicted molar refractivity (Wildman–Crippen MR) is 107 cm³/mol. The first-order valence-corrected chi connectivity index (χ1v) is 10.4. The Balaban J connectivity index is 1.82. The van der Waals surface area contributed by atoms with Gasteiger partial charge in [-0.25, -0.2) is 0 Å². The number of nitrogens with zero attached hydrogens (tertiary/aromatic N) is 1. The zero-order chi connectivity index (χ0) is 16.7. The van der Waals surface area contributed by atoms with Crippen LogP contribution in [0.5, 0.6) is 0 Å². The second-order valence-electron chi connectivity index (χ2n) is 6.55. The van der Waals surface area contributed by atoms with Gasteiger partial charge in [-0.1, -0.05) is 17.7 Å². The first-order chi connectivity index (χ1) is 11.6. The van der Waals surface area contributed by atoms with Gasteiger partial charge in [-0.05, 0) is 73.5 Å². The molecule has 3 nitrogen and oxygen atoms in total. The van der Waals surface area contributed by atoms with Crippen molar-refractivity contribution in [2.75, 3.05) is 26.2 Å². The van der Waals surface area contributed by atoms with Gasteiger partial charge in [-0.2, -0.15) is 0 Å². The second-order valence-corrected chi connectivity index (χ2v) is 8.67. The Kier molecular flexibility index (Phi) is 5.07. The number of benzene rings is 1. The van der Waals surface area contributed by atoms with Crippen LogP contribution in [0.25, 0.3) is 0 Å². The first-order valence-electron chi connectivity index (χ1n) is 8.39. The van der Waals surface area contributed by atoms with Gasteiger partial charge in [0.15, 0.2) is 0 Å². The van der Waals surface area contributed by atoms with Crippen molar-refractivity contribution in [2.45, 2.75) is 24.9 Å². The fraction of sp³-hybridized carbons (Fsp3) is 0.444. The number of piperazine rings is 1. The van der Waals surface area contributed by atoms with E-state index in [4.69, 9.17) is 11.6 Å². The van der Waals surface area contributed by atoms with E-state index in [0.29, 0.717) is 12.1 Å². The average Bonchev–Trinajstić information content (AvgIpc) is 2.76. The third-order valence-corrected chi connectivity index (χ3v) is 7.11. The van der Waals surface area contributed by atoms with Crippen LogP contribution in [-0.2, 0) is 6.42 Å². The Labute approximate surface area is 164 Å². The maximum atomic E-state index is 6.39. The summed E-state index contributed by atoms with van der Waals surface area (Å²) in [6, 6.07) is 4.91. The Morgan fingerprint density at radius 2 is 1.92 bits per heavy atom. The highest BCUT2D eigenvalue weighted by atomic mass is 79.9. The zero-order valence-electron chi connectivity index (χ0n) is 13.3. The van der Waals surface area contributed by atoms with Crippen LogP contribution in [0.4, 0.5) is 0 Å². The Hall–Kier alpha value is -0.330. The molecule has 3 aliphatic rings. The van der Waals surface area contributed by atoms with Crippen LogP contribution in [0.1, 0.15) is 23.6 Å². The smallest absolute Gasteiger partial charge is 0.0669 e. The SMILES string of the molecule is Clc1ccc2c(c1Br)CCC1=CC(Br)=CNC1C2N1CCNCC1. The molecule has 2 atom stereocenters. The van der Waals surface area contributed by atoms with Gasteiger partial charge in [0.25, 0.3) is 0 Å². The van der Waals surface area contributed by atoms with E-state index in [-0.39, 0.29) is 0 Å². The van der Waals surface area contributed by atoms with Crippen LogP contribution in [0.2, 0.25) is 5.02 Å². The highest BCUT2D eigenvalue weighted by Gasteiger charge is 2.37. The van der Waals surface area contributed by atoms with E-state index >= 15 is 0 Å². The van der Waals surface area contributed by atoms with Crippen LogP contribution in [0, 0.1) is 0 Å².